The summed E-state index contributed by atoms with van der Waals surface area (Å²) in [7, 11) is 1.42. The molecule has 7 nitrogen and oxygen atoms in total. The lowest BCUT2D eigenvalue weighted by molar-refractivity contribution is -0.140. The highest BCUT2D eigenvalue weighted by Crippen LogP contribution is 2.35. The monoisotopic (exact) mass is 445 g/mol. The molecular weight excluding hydrogens is 430 g/mol. The Morgan fingerprint density at radius 2 is 1.97 bits per heavy atom. The molecule has 164 valence electrons. The first-order valence-electron chi connectivity index (χ1n) is 9.29. The van der Waals surface area contributed by atoms with Crippen LogP contribution in [0.5, 0.6) is 0 Å². The Hall–Kier alpha value is -4.02. The molecule has 0 unspecified atom stereocenters. The van der Waals surface area contributed by atoms with Crippen LogP contribution in [0.4, 0.5) is 17.6 Å². The minimum absolute atomic E-state index is 0.0504. The zero-order valence-corrected chi connectivity index (χ0v) is 16.5. The number of benzene rings is 2. The first-order chi connectivity index (χ1) is 15.2. The molecule has 0 atom stereocenters. The van der Waals surface area contributed by atoms with Crippen molar-refractivity contribution >= 4 is 16.8 Å². The second kappa shape index (κ2) is 7.91. The number of amides is 1. The van der Waals surface area contributed by atoms with Gasteiger partial charge in [0, 0.05) is 18.2 Å². The van der Waals surface area contributed by atoms with Crippen LogP contribution in [-0.4, -0.2) is 32.7 Å². The largest absolute Gasteiger partial charge is 0.433 e. The van der Waals surface area contributed by atoms with Crippen molar-refractivity contribution in [2.75, 3.05) is 7.05 Å². The molecule has 0 spiro atoms. The van der Waals surface area contributed by atoms with E-state index in [4.69, 9.17) is 0 Å². The van der Waals surface area contributed by atoms with Crippen molar-refractivity contribution in [1.82, 2.24) is 25.1 Å². The van der Waals surface area contributed by atoms with Crippen LogP contribution in [0.25, 0.3) is 22.0 Å². The molecule has 0 saturated heterocycles. The molecule has 11 heteroatoms. The van der Waals surface area contributed by atoms with Crippen molar-refractivity contribution < 1.29 is 22.4 Å². The summed E-state index contributed by atoms with van der Waals surface area (Å²) in [5.74, 6) is -1.10. The molecule has 0 aliphatic rings. The summed E-state index contributed by atoms with van der Waals surface area (Å²) < 4.78 is 54.6. The minimum atomic E-state index is -4.61. The Morgan fingerprint density at radius 1 is 1.19 bits per heavy atom. The van der Waals surface area contributed by atoms with Crippen LogP contribution in [0.2, 0.25) is 0 Å². The zero-order chi connectivity index (χ0) is 23.0. The van der Waals surface area contributed by atoms with E-state index in [9.17, 15) is 27.2 Å². The van der Waals surface area contributed by atoms with E-state index in [-0.39, 0.29) is 34.1 Å². The smallest absolute Gasteiger partial charge is 0.355 e. The lowest BCUT2D eigenvalue weighted by atomic mass is 10.0. The van der Waals surface area contributed by atoms with Gasteiger partial charge in [-0.3, -0.25) is 19.3 Å². The fraction of sp³-hybridized carbons (Fsp3) is 0.143. The Balaban J connectivity index is 1.72. The van der Waals surface area contributed by atoms with E-state index in [1.807, 2.05) is 5.10 Å². The van der Waals surface area contributed by atoms with Gasteiger partial charge >= 0.3 is 6.18 Å². The maximum Gasteiger partial charge on any atom is 0.433 e. The number of halogens is 4. The number of hydrogen-bond acceptors (Lipinski definition) is 4. The van der Waals surface area contributed by atoms with Crippen LogP contribution < -0.4 is 10.9 Å². The third kappa shape index (κ3) is 3.96. The number of carbonyl (C=O) groups excluding carboxylic acids is 1. The van der Waals surface area contributed by atoms with Gasteiger partial charge in [0.2, 0.25) is 0 Å². The number of hydrogen-bond donors (Lipinski definition) is 2. The summed E-state index contributed by atoms with van der Waals surface area (Å²) in [6, 6.07) is 7.86. The van der Waals surface area contributed by atoms with E-state index < -0.39 is 29.2 Å². The number of aromatic amines is 1. The van der Waals surface area contributed by atoms with Crippen LogP contribution >= 0.6 is 0 Å². The summed E-state index contributed by atoms with van der Waals surface area (Å²) in [5, 5.41) is 7.99. The van der Waals surface area contributed by atoms with E-state index in [0.717, 1.165) is 12.3 Å². The van der Waals surface area contributed by atoms with Crippen LogP contribution in [0.15, 0.2) is 53.7 Å². The van der Waals surface area contributed by atoms with Crippen molar-refractivity contribution in [2.24, 2.45) is 0 Å². The number of fused-ring (bicyclic) bond motifs is 1. The van der Waals surface area contributed by atoms with Crippen LogP contribution in [0.1, 0.15) is 21.6 Å². The van der Waals surface area contributed by atoms with Crippen molar-refractivity contribution in [1.29, 1.82) is 0 Å². The number of H-pyrrole nitrogens is 1. The normalized spacial score (nSPS) is 11.7. The van der Waals surface area contributed by atoms with Crippen LogP contribution in [0.3, 0.4) is 0 Å². The number of carbonyl (C=O) groups is 1. The highest BCUT2D eigenvalue weighted by Gasteiger charge is 2.36. The highest BCUT2D eigenvalue weighted by atomic mass is 19.4. The molecule has 2 aromatic heterocycles. The van der Waals surface area contributed by atoms with Gasteiger partial charge in [0.1, 0.15) is 11.5 Å². The van der Waals surface area contributed by atoms with E-state index >= 15 is 0 Å². The molecule has 2 N–H and O–H groups in total. The molecule has 0 aliphatic heterocycles. The van der Waals surface area contributed by atoms with Crippen molar-refractivity contribution in [3.63, 3.8) is 0 Å². The molecule has 4 rings (SSSR count). The van der Waals surface area contributed by atoms with E-state index in [1.165, 1.54) is 48.3 Å². The molecule has 0 radical (unpaired) electrons. The van der Waals surface area contributed by atoms with Crippen molar-refractivity contribution in [3.8, 4) is 11.1 Å². The van der Waals surface area contributed by atoms with Gasteiger partial charge in [-0.2, -0.15) is 18.3 Å². The number of nitrogens with one attached hydrogen (secondary N) is 2. The van der Waals surface area contributed by atoms with E-state index in [1.54, 1.807) is 0 Å². The molecule has 0 aliphatic carbocycles. The Kier molecular flexibility index (Phi) is 5.25. The topological polar surface area (TPSA) is 92.7 Å². The summed E-state index contributed by atoms with van der Waals surface area (Å²) in [6.45, 7) is -0.0504. The van der Waals surface area contributed by atoms with Gasteiger partial charge in [-0.15, -0.1) is 0 Å². The summed E-state index contributed by atoms with van der Waals surface area (Å²) >= 11 is 0. The maximum absolute atomic E-state index is 13.9. The van der Waals surface area contributed by atoms with Crippen LogP contribution in [-0.2, 0) is 12.7 Å². The zero-order valence-electron chi connectivity index (χ0n) is 16.5. The highest BCUT2D eigenvalue weighted by molar-refractivity contribution is 5.94. The van der Waals surface area contributed by atoms with E-state index in [0.29, 0.717) is 5.56 Å². The van der Waals surface area contributed by atoms with Gasteiger partial charge in [0.05, 0.1) is 30.0 Å². The molecule has 0 bridgehead atoms. The standard InChI is InChI=1S/C21H15F4N5O2/c1-26-19(31)13-4-11(5-14(22)6-13)9-30-10-27-17-7-12(2-3-15(17)20(30)32)16-8-28-29-18(16)21(23,24)25/h2-8,10H,9H2,1H3,(H,26,31)(H,28,29). The van der Waals surface area contributed by atoms with Gasteiger partial charge in [0.15, 0.2) is 0 Å². The fourth-order valence-electron chi connectivity index (χ4n) is 3.37. The Labute approximate surface area is 177 Å². The predicted molar refractivity (Wildman–Crippen MR) is 107 cm³/mol. The van der Waals surface area contributed by atoms with Gasteiger partial charge in [0.25, 0.3) is 11.5 Å². The fourth-order valence-corrected chi connectivity index (χ4v) is 3.37. The molecule has 4 aromatic rings. The summed E-state index contributed by atoms with van der Waals surface area (Å²) in [4.78, 5) is 28.8. The molecule has 0 fully saturated rings. The minimum Gasteiger partial charge on any atom is -0.355 e. The van der Waals surface area contributed by atoms with E-state index in [2.05, 4.69) is 15.4 Å². The molecule has 0 saturated carbocycles. The Morgan fingerprint density at radius 3 is 2.69 bits per heavy atom. The predicted octanol–water partition coefficient (Wildman–Crippen LogP) is 3.35. The molecule has 1 amide bonds. The van der Waals surface area contributed by atoms with Crippen molar-refractivity contribution in [3.05, 3.63) is 81.9 Å². The maximum atomic E-state index is 13.9. The lowest BCUT2D eigenvalue weighted by Crippen LogP contribution is -2.22. The molecule has 32 heavy (non-hydrogen) atoms. The third-order valence-corrected chi connectivity index (χ3v) is 4.86. The summed E-state index contributed by atoms with van der Waals surface area (Å²) in [5.41, 5.74) is -0.747. The molecular formula is C21H15F4N5O2. The second-order valence-electron chi connectivity index (χ2n) is 6.99. The number of nitrogens with zero attached hydrogens (tertiary/aromatic N) is 3. The quantitative estimate of drug-likeness (QED) is 0.472. The lowest BCUT2D eigenvalue weighted by Gasteiger charge is -2.10. The van der Waals surface area contributed by atoms with Gasteiger partial charge < -0.3 is 5.32 Å². The second-order valence-corrected chi connectivity index (χ2v) is 6.99. The first kappa shape index (κ1) is 21.2. The first-order valence-corrected chi connectivity index (χ1v) is 9.29. The van der Waals surface area contributed by atoms with Crippen molar-refractivity contribution in [2.45, 2.75) is 12.7 Å². The average Bonchev–Trinajstić information content (AvgIpc) is 3.25. The number of rotatable bonds is 4. The SMILES string of the molecule is CNC(=O)c1cc(F)cc(Cn2cnc3cc(-c4cn[nH]c4C(F)(F)F)ccc3c2=O)c1. The van der Waals surface area contributed by atoms with Gasteiger partial charge in [-0.05, 0) is 41.5 Å². The summed E-state index contributed by atoms with van der Waals surface area (Å²) in [6.07, 6.45) is -2.34. The molecule has 2 aromatic carbocycles. The average molecular weight is 445 g/mol. The number of aromatic nitrogens is 4. The van der Waals surface area contributed by atoms with Gasteiger partial charge in [-0.25, -0.2) is 9.37 Å². The third-order valence-electron chi connectivity index (χ3n) is 4.86. The Bertz CT molecular complexity index is 1390. The van der Waals surface area contributed by atoms with Gasteiger partial charge in [-0.1, -0.05) is 6.07 Å². The number of alkyl halides is 3. The molecule has 2 heterocycles. The van der Waals surface area contributed by atoms with Crippen LogP contribution in [0, 0.1) is 5.82 Å².